The number of rotatable bonds is 11. The van der Waals surface area contributed by atoms with Crippen molar-refractivity contribution in [3.63, 3.8) is 0 Å². The molecule has 1 N–H and O–H groups in total. The summed E-state index contributed by atoms with van der Waals surface area (Å²) in [5, 5.41) is 0. The maximum Gasteiger partial charge on any atom is 1.00 e. The van der Waals surface area contributed by atoms with Gasteiger partial charge in [0.05, 0.1) is 5.75 Å². The second-order valence-electron chi connectivity index (χ2n) is 5.77. The molecule has 1 rings (SSSR count). The summed E-state index contributed by atoms with van der Waals surface area (Å²) >= 11 is 0. The predicted molar refractivity (Wildman–Crippen MR) is 76.4 cm³/mol. The van der Waals surface area contributed by atoms with Gasteiger partial charge in [-0.3, -0.25) is 4.55 Å². The van der Waals surface area contributed by atoms with Crippen molar-refractivity contribution in [3.8, 4) is 0 Å². The molecular weight excluding hydrogens is 271 g/mol. The Labute approximate surface area is 142 Å². The zero-order valence-corrected chi connectivity index (χ0v) is 15.4. The molecule has 0 bridgehead atoms. The van der Waals surface area contributed by atoms with Gasteiger partial charge in [-0.05, 0) is 18.3 Å². The van der Waals surface area contributed by atoms with Gasteiger partial charge in [0.2, 0.25) is 0 Å². The summed E-state index contributed by atoms with van der Waals surface area (Å²) in [4.78, 5) is 0. The summed E-state index contributed by atoms with van der Waals surface area (Å²) in [6.45, 7) is 2.23. The summed E-state index contributed by atoms with van der Waals surface area (Å²) < 4.78 is 30.1. The molecule has 0 aliphatic heterocycles. The predicted octanol–water partition coefficient (Wildman–Crippen LogP) is 1.16. The Balaban J connectivity index is 0. The third kappa shape index (κ3) is 11.3. The van der Waals surface area contributed by atoms with Crippen molar-refractivity contribution in [3.05, 3.63) is 0 Å². The van der Waals surface area contributed by atoms with Crippen molar-refractivity contribution >= 4 is 10.1 Å². The molecule has 0 heterocycles. The zero-order valence-electron chi connectivity index (χ0n) is 13.6. The fraction of sp³-hybridized carbons (Fsp3) is 1.00. The van der Waals surface area contributed by atoms with Crippen LogP contribution < -0.4 is 29.6 Å². The van der Waals surface area contributed by atoms with Gasteiger partial charge < -0.3 is 1.43 Å². The number of unbranched alkanes of at least 4 members (excludes halogenated alkanes) is 7. The van der Waals surface area contributed by atoms with Crippen molar-refractivity contribution in [2.24, 2.45) is 11.8 Å². The monoisotopic (exact) mass is 300 g/mol. The van der Waals surface area contributed by atoms with Gasteiger partial charge in [0.1, 0.15) is 0 Å². The fourth-order valence-electron chi connectivity index (χ4n) is 2.68. The summed E-state index contributed by atoms with van der Waals surface area (Å²) in [6.07, 6.45) is 12.7. The SMILES string of the molecule is CCCCCCCCCCC1CC1CS(=O)(=O)O.[H-].[Na+]. The third-order valence-electron chi connectivity index (χ3n) is 3.92. The van der Waals surface area contributed by atoms with Crippen LogP contribution in [-0.2, 0) is 10.1 Å². The average molecular weight is 300 g/mol. The smallest absolute Gasteiger partial charge is 1.00 e. The second kappa shape index (κ2) is 10.6. The van der Waals surface area contributed by atoms with Crippen LogP contribution in [0, 0.1) is 11.8 Å². The molecule has 1 aliphatic carbocycles. The topological polar surface area (TPSA) is 54.4 Å². The van der Waals surface area contributed by atoms with Crippen molar-refractivity contribution in [2.45, 2.75) is 71.1 Å². The maximum absolute atomic E-state index is 10.7. The standard InChI is InChI=1S/C14H28O3S.Na.H/c1-2-3-4-5-6-7-8-9-10-13-11-14(13)12-18(15,16)17;;/h13-14H,2-12H2,1H3,(H,15,16,17);;/q;+1;-1. The van der Waals surface area contributed by atoms with Gasteiger partial charge >= 0.3 is 29.6 Å². The molecule has 0 saturated heterocycles. The summed E-state index contributed by atoms with van der Waals surface area (Å²) in [6, 6.07) is 0. The van der Waals surface area contributed by atoms with E-state index >= 15 is 0 Å². The van der Waals surface area contributed by atoms with Crippen LogP contribution in [0.15, 0.2) is 0 Å². The first-order chi connectivity index (χ1) is 8.53. The molecule has 1 fully saturated rings. The van der Waals surface area contributed by atoms with E-state index in [0.717, 1.165) is 12.8 Å². The van der Waals surface area contributed by atoms with Crippen LogP contribution in [-0.4, -0.2) is 18.7 Å². The zero-order chi connectivity index (χ0) is 13.4. The molecule has 0 amide bonds. The van der Waals surface area contributed by atoms with E-state index in [1.54, 1.807) is 0 Å². The third-order valence-corrected chi connectivity index (χ3v) is 4.77. The molecule has 2 unspecified atom stereocenters. The second-order valence-corrected chi connectivity index (χ2v) is 7.27. The van der Waals surface area contributed by atoms with Crippen molar-refractivity contribution in [1.29, 1.82) is 0 Å². The summed E-state index contributed by atoms with van der Waals surface area (Å²) in [5.41, 5.74) is 0. The van der Waals surface area contributed by atoms with Crippen LogP contribution in [0.2, 0.25) is 0 Å². The van der Waals surface area contributed by atoms with Crippen LogP contribution in [0.3, 0.4) is 0 Å². The molecule has 3 nitrogen and oxygen atoms in total. The van der Waals surface area contributed by atoms with Gasteiger partial charge in [0.25, 0.3) is 10.1 Å². The first kappa shape index (κ1) is 19.9. The quantitative estimate of drug-likeness (QED) is 0.354. The molecule has 0 spiro atoms. The van der Waals surface area contributed by atoms with Gasteiger partial charge in [-0.2, -0.15) is 8.42 Å². The van der Waals surface area contributed by atoms with E-state index in [0.29, 0.717) is 5.92 Å². The molecule has 19 heavy (non-hydrogen) atoms. The Morgan fingerprint density at radius 2 is 1.53 bits per heavy atom. The van der Waals surface area contributed by atoms with Crippen LogP contribution >= 0.6 is 0 Å². The van der Waals surface area contributed by atoms with E-state index in [1.165, 1.54) is 51.4 Å². The van der Waals surface area contributed by atoms with Crippen LogP contribution in [0.5, 0.6) is 0 Å². The van der Waals surface area contributed by atoms with Gasteiger partial charge in [-0.1, -0.05) is 64.7 Å². The Bertz CT molecular complexity index is 322. The van der Waals surface area contributed by atoms with Crippen LogP contribution in [0.1, 0.15) is 72.6 Å². The minimum Gasteiger partial charge on any atom is -1.00 e. The van der Waals surface area contributed by atoms with E-state index in [2.05, 4.69) is 6.92 Å². The largest absolute Gasteiger partial charge is 1.00 e. The average Bonchev–Trinajstić information content (AvgIpc) is 2.98. The van der Waals surface area contributed by atoms with E-state index < -0.39 is 10.1 Å². The minimum atomic E-state index is -3.74. The van der Waals surface area contributed by atoms with Gasteiger partial charge in [0, 0.05) is 0 Å². The maximum atomic E-state index is 10.7. The van der Waals surface area contributed by atoms with Crippen LogP contribution in [0.4, 0.5) is 0 Å². The van der Waals surface area contributed by atoms with Gasteiger partial charge in [0.15, 0.2) is 0 Å². The summed E-state index contributed by atoms with van der Waals surface area (Å²) in [7, 11) is -3.74. The van der Waals surface area contributed by atoms with Gasteiger partial charge in [-0.15, -0.1) is 0 Å². The van der Waals surface area contributed by atoms with E-state index in [-0.39, 0.29) is 42.7 Å². The van der Waals surface area contributed by atoms with Crippen molar-refractivity contribution in [2.75, 3.05) is 5.75 Å². The van der Waals surface area contributed by atoms with E-state index in [1.807, 2.05) is 0 Å². The molecule has 0 radical (unpaired) electrons. The first-order valence-corrected chi connectivity index (χ1v) is 9.09. The number of hydrogen-bond donors (Lipinski definition) is 1. The Hall–Kier alpha value is 0.910. The normalized spacial score (nSPS) is 22.0. The molecule has 1 aliphatic rings. The molecular formula is C14H29NaO3S. The van der Waals surface area contributed by atoms with Crippen molar-refractivity contribution in [1.82, 2.24) is 0 Å². The molecule has 0 aromatic heterocycles. The molecule has 0 aromatic carbocycles. The molecule has 0 aromatic rings. The fourth-order valence-corrected chi connectivity index (χ4v) is 3.63. The molecule has 110 valence electrons. The Morgan fingerprint density at radius 1 is 1.00 bits per heavy atom. The molecule has 2 atom stereocenters. The Morgan fingerprint density at radius 3 is 2.05 bits per heavy atom. The number of hydrogen-bond acceptors (Lipinski definition) is 2. The molecule has 1 saturated carbocycles. The van der Waals surface area contributed by atoms with Crippen molar-refractivity contribution < 1.29 is 44.0 Å². The van der Waals surface area contributed by atoms with Gasteiger partial charge in [-0.25, -0.2) is 0 Å². The first-order valence-electron chi connectivity index (χ1n) is 7.48. The minimum absolute atomic E-state index is 0. The van der Waals surface area contributed by atoms with E-state index in [4.69, 9.17) is 4.55 Å². The van der Waals surface area contributed by atoms with E-state index in [9.17, 15) is 8.42 Å². The summed E-state index contributed by atoms with van der Waals surface area (Å²) in [5.74, 6) is 0.783. The Kier molecular flexibility index (Phi) is 11.1. The van der Waals surface area contributed by atoms with Crippen LogP contribution in [0.25, 0.3) is 0 Å². The molecule has 5 heteroatoms.